The van der Waals surface area contributed by atoms with Gasteiger partial charge in [-0.15, -0.1) is 11.3 Å². The molecule has 2 heterocycles. The summed E-state index contributed by atoms with van der Waals surface area (Å²) in [5.74, 6) is 0.576. The molecule has 130 valence electrons. The molecule has 0 spiro atoms. The van der Waals surface area contributed by atoms with Crippen molar-refractivity contribution in [1.82, 2.24) is 10.2 Å². The Balaban J connectivity index is 1.69. The highest BCUT2D eigenvalue weighted by atomic mass is 32.1. The summed E-state index contributed by atoms with van der Waals surface area (Å²) in [6, 6.07) is 4.78. The molecule has 0 radical (unpaired) electrons. The van der Waals surface area contributed by atoms with E-state index >= 15 is 0 Å². The number of amides is 1. The fourth-order valence-corrected chi connectivity index (χ4v) is 3.76. The second-order valence-corrected chi connectivity index (χ2v) is 8.81. The molecule has 1 N–H and O–H groups in total. The van der Waals surface area contributed by atoms with Crippen LogP contribution in [-0.2, 0) is 4.74 Å². The molecule has 4 nitrogen and oxygen atoms in total. The molecule has 1 aromatic rings. The highest BCUT2D eigenvalue weighted by Crippen LogP contribution is 2.24. The van der Waals surface area contributed by atoms with Crippen molar-refractivity contribution >= 4 is 17.4 Å². The maximum Gasteiger partial charge on any atom is 0.410 e. The van der Waals surface area contributed by atoms with Crippen LogP contribution in [0.4, 0.5) is 4.79 Å². The van der Waals surface area contributed by atoms with Crippen molar-refractivity contribution in [2.24, 2.45) is 5.92 Å². The molecule has 1 saturated heterocycles. The number of hydrogen-bond acceptors (Lipinski definition) is 4. The van der Waals surface area contributed by atoms with Crippen LogP contribution in [0.15, 0.2) is 12.1 Å². The molecule has 1 aromatic heterocycles. The van der Waals surface area contributed by atoms with E-state index < -0.39 is 5.60 Å². The summed E-state index contributed by atoms with van der Waals surface area (Å²) in [4.78, 5) is 16.7. The summed E-state index contributed by atoms with van der Waals surface area (Å²) in [6.45, 7) is 12.7. The van der Waals surface area contributed by atoms with Gasteiger partial charge in [-0.25, -0.2) is 4.79 Å². The van der Waals surface area contributed by atoms with Gasteiger partial charge >= 0.3 is 6.09 Å². The highest BCUT2D eigenvalue weighted by Gasteiger charge is 2.29. The van der Waals surface area contributed by atoms with E-state index in [0.717, 1.165) is 32.5 Å². The van der Waals surface area contributed by atoms with Gasteiger partial charge in [-0.3, -0.25) is 0 Å². The average molecular weight is 339 g/mol. The zero-order valence-corrected chi connectivity index (χ0v) is 15.8. The predicted octanol–water partition coefficient (Wildman–Crippen LogP) is 4.35. The van der Waals surface area contributed by atoms with E-state index in [1.807, 2.05) is 37.0 Å². The molecule has 2 unspecified atom stereocenters. The van der Waals surface area contributed by atoms with Crippen molar-refractivity contribution in [2.45, 2.75) is 59.1 Å². The van der Waals surface area contributed by atoms with Crippen LogP contribution in [-0.4, -0.2) is 36.2 Å². The number of hydrogen-bond donors (Lipinski definition) is 1. The van der Waals surface area contributed by atoms with E-state index in [4.69, 9.17) is 4.74 Å². The minimum Gasteiger partial charge on any atom is -0.444 e. The average Bonchev–Trinajstić information content (AvgIpc) is 3.05. The Hall–Kier alpha value is -1.07. The van der Waals surface area contributed by atoms with E-state index in [-0.39, 0.29) is 6.09 Å². The van der Waals surface area contributed by atoms with Crippen LogP contribution >= 0.6 is 11.3 Å². The predicted molar refractivity (Wildman–Crippen MR) is 96.0 cm³/mol. The van der Waals surface area contributed by atoms with Crippen molar-refractivity contribution in [1.29, 1.82) is 0 Å². The van der Waals surface area contributed by atoms with Crippen LogP contribution in [0.1, 0.15) is 56.3 Å². The molecule has 0 aromatic carbocycles. The minimum absolute atomic E-state index is 0.171. The highest BCUT2D eigenvalue weighted by molar-refractivity contribution is 7.12. The van der Waals surface area contributed by atoms with Crippen molar-refractivity contribution in [3.63, 3.8) is 0 Å². The lowest BCUT2D eigenvalue weighted by atomic mass is 10.1. The van der Waals surface area contributed by atoms with Gasteiger partial charge in [0.15, 0.2) is 0 Å². The number of nitrogens with one attached hydrogen (secondary N) is 1. The molecule has 0 bridgehead atoms. The lowest BCUT2D eigenvalue weighted by Gasteiger charge is -2.24. The third kappa shape index (κ3) is 5.81. The minimum atomic E-state index is -0.412. The van der Waals surface area contributed by atoms with Gasteiger partial charge in [0, 0.05) is 28.9 Å². The Morgan fingerprint density at radius 1 is 1.48 bits per heavy atom. The van der Waals surface area contributed by atoms with Gasteiger partial charge in [0.2, 0.25) is 0 Å². The smallest absolute Gasteiger partial charge is 0.410 e. The second kappa shape index (κ2) is 7.67. The third-order valence-corrected chi connectivity index (χ3v) is 5.31. The summed E-state index contributed by atoms with van der Waals surface area (Å²) in [7, 11) is 0. The molecule has 0 aliphatic carbocycles. The lowest BCUT2D eigenvalue weighted by Crippen LogP contribution is -2.35. The van der Waals surface area contributed by atoms with E-state index in [1.165, 1.54) is 9.75 Å². The number of nitrogens with zero attached hydrogens (tertiary/aromatic N) is 1. The van der Waals surface area contributed by atoms with Crippen LogP contribution in [0.3, 0.4) is 0 Å². The maximum atomic E-state index is 12.1. The van der Waals surface area contributed by atoms with Crippen molar-refractivity contribution in [2.75, 3.05) is 19.6 Å². The molecule has 1 aliphatic rings. The Morgan fingerprint density at radius 2 is 2.22 bits per heavy atom. The molecular formula is C18H30N2O2S. The number of carbonyl (C=O) groups excluding carboxylic acids is 1. The normalized spacial score (nSPS) is 19.9. The molecule has 5 heteroatoms. The molecule has 1 fully saturated rings. The number of likely N-dealkylation sites (tertiary alicyclic amines) is 1. The van der Waals surface area contributed by atoms with Crippen LogP contribution in [0, 0.1) is 12.8 Å². The summed E-state index contributed by atoms with van der Waals surface area (Å²) in [5.41, 5.74) is -0.412. The van der Waals surface area contributed by atoms with E-state index in [1.54, 1.807) is 0 Å². The molecular weight excluding hydrogens is 308 g/mol. The van der Waals surface area contributed by atoms with Gasteiger partial charge in [-0.1, -0.05) is 0 Å². The van der Waals surface area contributed by atoms with Crippen LogP contribution in [0.2, 0.25) is 0 Å². The van der Waals surface area contributed by atoms with E-state index in [2.05, 4.69) is 31.3 Å². The van der Waals surface area contributed by atoms with Gasteiger partial charge in [-0.05, 0) is 72.1 Å². The van der Waals surface area contributed by atoms with Crippen LogP contribution < -0.4 is 5.32 Å². The Labute approximate surface area is 144 Å². The molecule has 2 atom stereocenters. The standard InChI is InChI=1S/C18H30N2O2S/c1-13-6-7-16(23-13)14(2)19-10-8-15-9-11-20(12-15)17(21)22-18(3,4)5/h6-7,14-15,19H,8-12H2,1-5H3. The summed E-state index contributed by atoms with van der Waals surface area (Å²) in [6.07, 6.45) is 2.01. The summed E-state index contributed by atoms with van der Waals surface area (Å²) >= 11 is 1.86. The van der Waals surface area contributed by atoms with Gasteiger partial charge in [0.25, 0.3) is 0 Å². The van der Waals surface area contributed by atoms with Gasteiger partial charge in [-0.2, -0.15) is 0 Å². The number of thiophene rings is 1. The topological polar surface area (TPSA) is 41.6 Å². The van der Waals surface area contributed by atoms with Crippen LogP contribution in [0.25, 0.3) is 0 Å². The first-order chi connectivity index (χ1) is 10.7. The Bertz CT molecular complexity index is 521. The third-order valence-electron chi connectivity index (χ3n) is 4.13. The molecule has 2 rings (SSSR count). The SMILES string of the molecule is Cc1ccc(C(C)NCCC2CCN(C(=O)OC(C)(C)C)C2)s1. The van der Waals surface area contributed by atoms with E-state index in [9.17, 15) is 4.79 Å². The van der Waals surface area contributed by atoms with Gasteiger partial charge in [0.05, 0.1) is 0 Å². The van der Waals surface area contributed by atoms with Gasteiger partial charge in [0.1, 0.15) is 5.60 Å². The van der Waals surface area contributed by atoms with Crippen molar-refractivity contribution in [3.8, 4) is 0 Å². The molecule has 0 saturated carbocycles. The molecule has 1 amide bonds. The Morgan fingerprint density at radius 3 is 2.83 bits per heavy atom. The van der Waals surface area contributed by atoms with Crippen LogP contribution in [0.5, 0.6) is 0 Å². The first kappa shape index (κ1) is 18.3. The number of rotatable bonds is 5. The number of carbonyl (C=O) groups is 1. The lowest BCUT2D eigenvalue weighted by molar-refractivity contribution is 0.0287. The van der Waals surface area contributed by atoms with E-state index in [0.29, 0.717) is 12.0 Å². The van der Waals surface area contributed by atoms with Gasteiger partial charge < -0.3 is 15.0 Å². The zero-order chi connectivity index (χ0) is 17.0. The number of aryl methyl sites for hydroxylation is 1. The zero-order valence-electron chi connectivity index (χ0n) is 15.0. The molecule has 1 aliphatic heterocycles. The molecule has 23 heavy (non-hydrogen) atoms. The maximum absolute atomic E-state index is 12.1. The fourth-order valence-electron chi connectivity index (χ4n) is 2.85. The van der Waals surface area contributed by atoms with Crippen molar-refractivity contribution < 1.29 is 9.53 Å². The summed E-state index contributed by atoms with van der Waals surface area (Å²) < 4.78 is 5.45. The van der Waals surface area contributed by atoms with Crippen molar-refractivity contribution in [3.05, 3.63) is 21.9 Å². The first-order valence-electron chi connectivity index (χ1n) is 8.52. The quantitative estimate of drug-likeness (QED) is 0.867. The monoisotopic (exact) mass is 338 g/mol. The summed E-state index contributed by atoms with van der Waals surface area (Å²) in [5, 5.41) is 3.60. The first-order valence-corrected chi connectivity index (χ1v) is 9.34. The largest absolute Gasteiger partial charge is 0.444 e. The number of ether oxygens (including phenoxy) is 1. The Kier molecular flexibility index (Phi) is 6.09. The fraction of sp³-hybridized carbons (Fsp3) is 0.722. The second-order valence-electron chi connectivity index (χ2n) is 7.49.